The maximum Gasteiger partial charge on any atom is 0.472 e. The molecule has 100 heavy (non-hydrogen) atoms. The van der Waals surface area contributed by atoms with Crippen molar-refractivity contribution in [1.29, 1.82) is 0 Å². The molecule has 0 amide bonds. The Kier molecular flexibility index (Phi) is 71.2. The lowest BCUT2D eigenvalue weighted by molar-refractivity contribution is -0.161. The number of rotatable bonds is 80. The van der Waals surface area contributed by atoms with E-state index in [1.54, 1.807) is 0 Å². The van der Waals surface area contributed by atoms with E-state index in [4.69, 9.17) is 37.0 Å². The van der Waals surface area contributed by atoms with Gasteiger partial charge in [-0.3, -0.25) is 37.3 Å². The fourth-order valence-electron chi connectivity index (χ4n) is 12.5. The largest absolute Gasteiger partial charge is 0.472 e. The van der Waals surface area contributed by atoms with Gasteiger partial charge in [0.15, 0.2) is 12.2 Å². The van der Waals surface area contributed by atoms with Crippen LogP contribution in [0.2, 0.25) is 0 Å². The molecule has 0 saturated heterocycles. The molecule has 0 rings (SSSR count). The molecule has 17 nitrogen and oxygen atoms in total. The van der Waals surface area contributed by atoms with Gasteiger partial charge in [0, 0.05) is 25.7 Å². The van der Waals surface area contributed by atoms with Crippen molar-refractivity contribution in [3.8, 4) is 0 Å². The zero-order chi connectivity index (χ0) is 73.5. The van der Waals surface area contributed by atoms with Crippen LogP contribution in [-0.4, -0.2) is 96.7 Å². The number of unbranched alkanes of at least 4 members (excludes halogenated alkanes) is 50. The Morgan fingerprint density at radius 3 is 0.680 bits per heavy atom. The van der Waals surface area contributed by atoms with Gasteiger partial charge in [0.2, 0.25) is 0 Å². The van der Waals surface area contributed by atoms with Gasteiger partial charge in [-0.05, 0) is 37.5 Å². The molecule has 0 saturated carbocycles. The van der Waals surface area contributed by atoms with E-state index in [2.05, 4.69) is 41.5 Å². The van der Waals surface area contributed by atoms with Crippen LogP contribution in [0.15, 0.2) is 0 Å². The first-order valence-electron chi connectivity index (χ1n) is 42.0. The van der Waals surface area contributed by atoms with Crippen LogP contribution in [0.5, 0.6) is 0 Å². The standard InChI is InChI=1S/C81H158O17P2/c1-7-9-11-13-15-16-17-18-19-20-21-22-23-24-31-36-41-47-53-59-65-81(86)98-77(70-92-79(84)64-58-52-46-40-35-30-26-25-28-33-38-44-49-55-61-73(3)4)72-96-100(89,90)94-68-75(82)67-93-99(87,88)95-71-76(69-91-78(83)63-57-51-43-14-12-10-8-2)97-80(85)66-60-54-48-42-37-32-27-29-34-39-45-50-56-62-74(5)6/h73-77,82H,7-72H2,1-6H3,(H,87,88)(H,89,90)/t75-,76+,77+/m0/s1. The van der Waals surface area contributed by atoms with Crippen LogP contribution in [0.25, 0.3) is 0 Å². The van der Waals surface area contributed by atoms with Gasteiger partial charge in [-0.1, -0.05) is 375 Å². The topological polar surface area (TPSA) is 237 Å². The number of phosphoric acid groups is 2. The van der Waals surface area contributed by atoms with Crippen LogP contribution in [0, 0.1) is 11.8 Å². The molecule has 5 atom stereocenters. The van der Waals surface area contributed by atoms with E-state index in [-0.39, 0.29) is 25.7 Å². The zero-order valence-corrected chi connectivity index (χ0v) is 67.3. The second kappa shape index (κ2) is 72.6. The molecule has 0 fully saturated rings. The van der Waals surface area contributed by atoms with E-state index < -0.39 is 97.5 Å². The number of hydrogen-bond acceptors (Lipinski definition) is 15. The second-order valence-electron chi connectivity index (χ2n) is 30.1. The first kappa shape index (κ1) is 98.1. The van der Waals surface area contributed by atoms with Crippen molar-refractivity contribution < 1.29 is 80.2 Å². The molecule has 0 aliphatic carbocycles. The number of aliphatic hydroxyl groups is 1. The van der Waals surface area contributed by atoms with Gasteiger partial charge in [0.1, 0.15) is 19.3 Å². The summed E-state index contributed by atoms with van der Waals surface area (Å²) in [6.45, 7) is 9.63. The molecule has 0 aromatic heterocycles. The minimum Gasteiger partial charge on any atom is -0.462 e. The predicted octanol–water partition coefficient (Wildman–Crippen LogP) is 24.3. The third-order valence-corrected chi connectivity index (χ3v) is 20.9. The molecule has 594 valence electrons. The molecule has 19 heteroatoms. The lowest BCUT2D eigenvalue weighted by atomic mass is 10.0. The summed E-state index contributed by atoms with van der Waals surface area (Å²) < 4.78 is 68.6. The molecule has 0 aromatic rings. The van der Waals surface area contributed by atoms with Crippen molar-refractivity contribution in [2.24, 2.45) is 11.8 Å². The molecule has 0 bridgehead atoms. The van der Waals surface area contributed by atoms with Crippen molar-refractivity contribution in [2.45, 2.75) is 445 Å². The number of ether oxygens (including phenoxy) is 4. The monoisotopic (exact) mass is 1470 g/mol. The summed E-state index contributed by atoms with van der Waals surface area (Å²) in [5.74, 6) is -0.527. The predicted molar refractivity (Wildman–Crippen MR) is 409 cm³/mol. The molecular formula is C81H158O17P2. The van der Waals surface area contributed by atoms with E-state index in [0.29, 0.717) is 25.7 Å². The molecule has 0 aliphatic heterocycles. The van der Waals surface area contributed by atoms with Crippen LogP contribution < -0.4 is 0 Å². The molecular weight excluding hydrogens is 1310 g/mol. The highest BCUT2D eigenvalue weighted by molar-refractivity contribution is 7.47. The third-order valence-electron chi connectivity index (χ3n) is 19.0. The van der Waals surface area contributed by atoms with E-state index in [1.165, 1.54) is 231 Å². The highest BCUT2D eigenvalue weighted by Gasteiger charge is 2.30. The Hall–Kier alpha value is -1.94. The van der Waals surface area contributed by atoms with Crippen molar-refractivity contribution in [2.75, 3.05) is 39.6 Å². The minimum absolute atomic E-state index is 0.107. The van der Waals surface area contributed by atoms with Crippen molar-refractivity contribution in [3.05, 3.63) is 0 Å². The summed E-state index contributed by atoms with van der Waals surface area (Å²) in [5, 5.41) is 10.6. The highest BCUT2D eigenvalue weighted by Crippen LogP contribution is 2.45. The first-order valence-corrected chi connectivity index (χ1v) is 45.0. The summed E-state index contributed by atoms with van der Waals surface area (Å²) in [5.41, 5.74) is 0. The fourth-order valence-corrected chi connectivity index (χ4v) is 14.1. The van der Waals surface area contributed by atoms with Gasteiger partial charge in [0.05, 0.1) is 26.4 Å². The Labute approximate surface area is 613 Å². The molecule has 0 radical (unpaired) electrons. The summed E-state index contributed by atoms with van der Waals surface area (Å²) in [6.07, 6.45) is 62.6. The first-order chi connectivity index (χ1) is 48.4. The summed E-state index contributed by atoms with van der Waals surface area (Å²) in [7, 11) is -9.91. The fraction of sp³-hybridized carbons (Fsp3) is 0.951. The lowest BCUT2D eigenvalue weighted by Crippen LogP contribution is -2.30. The zero-order valence-electron chi connectivity index (χ0n) is 65.5. The van der Waals surface area contributed by atoms with Crippen LogP contribution in [0.4, 0.5) is 0 Å². The van der Waals surface area contributed by atoms with E-state index in [9.17, 15) is 43.2 Å². The maximum absolute atomic E-state index is 13.1. The normalized spacial score (nSPS) is 13.9. The Morgan fingerprint density at radius 1 is 0.270 bits per heavy atom. The van der Waals surface area contributed by atoms with Gasteiger partial charge < -0.3 is 33.8 Å². The number of hydrogen-bond donors (Lipinski definition) is 3. The third kappa shape index (κ3) is 74.3. The van der Waals surface area contributed by atoms with E-state index in [0.717, 1.165) is 115 Å². The molecule has 0 aliphatic rings. The number of carbonyl (C=O) groups is 4. The molecule has 0 heterocycles. The van der Waals surface area contributed by atoms with Crippen LogP contribution in [0.1, 0.15) is 427 Å². The number of phosphoric ester groups is 2. The second-order valence-corrected chi connectivity index (χ2v) is 33.0. The Morgan fingerprint density at radius 2 is 0.460 bits per heavy atom. The molecule has 2 unspecified atom stereocenters. The van der Waals surface area contributed by atoms with E-state index >= 15 is 0 Å². The van der Waals surface area contributed by atoms with Crippen LogP contribution in [-0.2, 0) is 65.4 Å². The summed E-state index contributed by atoms with van der Waals surface area (Å²) >= 11 is 0. The smallest absolute Gasteiger partial charge is 0.462 e. The highest BCUT2D eigenvalue weighted by atomic mass is 31.2. The summed E-state index contributed by atoms with van der Waals surface area (Å²) in [4.78, 5) is 72.9. The number of carbonyl (C=O) groups excluding carboxylic acids is 4. The van der Waals surface area contributed by atoms with Gasteiger partial charge in [-0.25, -0.2) is 9.13 Å². The van der Waals surface area contributed by atoms with E-state index in [1.807, 2.05) is 0 Å². The van der Waals surface area contributed by atoms with Crippen molar-refractivity contribution >= 4 is 39.5 Å². The molecule has 0 spiro atoms. The SMILES string of the molecule is CCCCCCCCCCCCCCCCCCCCCCC(=O)O[C@H](COC(=O)CCCCCCCCCCCCCCCCC(C)C)COP(=O)(O)OC[C@@H](O)COP(=O)(O)OC[C@@H](COC(=O)CCCCCCCCC)OC(=O)CCCCCCCCCCCCCCCC(C)C. The average molecular weight is 1470 g/mol. The van der Waals surface area contributed by atoms with Crippen LogP contribution in [0.3, 0.4) is 0 Å². The van der Waals surface area contributed by atoms with Crippen LogP contribution >= 0.6 is 15.6 Å². The van der Waals surface area contributed by atoms with Crippen molar-refractivity contribution in [3.63, 3.8) is 0 Å². The lowest BCUT2D eigenvalue weighted by Gasteiger charge is -2.21. The quantitative estimate of drug-likeness (QED) is 0.0222. The Balaban J connectivity index is 5.18. The van der Waals surface area contributed by atoms with Crippen molar-refractivity contribution in [1.82, 2.24) is 0 Å². The molecule has 3 N–H and O–H groups in total. The number of esters is 4. The van der Waals surface area contributed by atoms with Gasteiger partial charge >= 0.3 is 39.5 Å². The van der Waals surface area contributed by atoms with Gasteiger partial charge in [-0.15, -0.1) is 0 Å². The average Bonchev–Trinajstić information content (AvgIpc) is 1.03. The maximum atomic E-state index is 13.1. The van der Waals surface area contributed by atoms with Gasteiger partial charge in [-0.2, -0.15) is 0 Å². The minimum atomic E-state index is -4.96. The molecule has 0 aromatic carbocycles. The Bertz CT molecular complexity index is 1920. The number of aliphatic hydroxyl groups excluding tert-OH is 1. The summed E-state index contributed by atoms with van der Waals surface area (Å²) in [6, 6.07) is 0. The van der Waals surface area contributed by atoms with Gasteiger partial charge in [0.25, 0.3) is 0 Å².